The van der Waals surface area contributed by atoms with E-state index in [9.17, 15) is 8.78 Å². The van der Waals surface area contributed by atoms with E-state index in [0.717, 1.165) is 6.07 Å². The summed E-state index contributed by atoms with van der Waals surface area (Å²) in [6.45, 7) is 0. The molecule has 1 heterocycles. The van der Waals surface area contributed by atoms with Crippen LogP contribution >= 0.6 is 0 Å². The van der Waals surface area contributed by atoms with Crippen molar-refractivity contribution >= 4 is 0 Å². The fourth-order valence-corrected chi connectivity index (χ4v) is 1.23. The predicted molar refractivity (Wildman–Crippen MR) is 49.8 cm³/mol. The molecule has 0 aliphatic heterocycles. The lowest BCUT2D eigenvalue weighted by atomic mass is 10.1. The van der Waals surface area contributed by atoms with E-state index in [-0.39, 0.29) is 23.6 Å². The monoisotopic (exact) mass is 223 g/mol. The Morgan fingerprint density at radius 2 is 2.19 bits per heavy atom. The Bertz CT molecular complexity index is 474. The maximum atomic E-state index is 12.7. The van der Waals surface area contributed by atoms with Crippen molar-refractivity contribution < 1.29 is 13.5 Å². The second-order valence-corrected chi connectivity index (χ2v) is 2.82. The van der Waals surface area contributed by atoms with Crippen molar-refractivity contribution in [3.05, 3.63) is 22.9 Å². The molecule has 4 nitrogen and oxygen atoms in total. The van der Waals surface area contributed by atoms with Gasteiger partial charge >= 0.3 is 0 Å². The predicted octanol–water partition coefficient (Wildman–Crippen LogP) is 1.97. The average molecular weight is 223 g/mol. The van der Waals surface area contributed by atoms with E-state index in [4.69, 9.17) is 15.3 Å². The zero-order valence-corrected chi connectivity index (χ0v) is 8.37. The first kappa shape index (κ1) is 11.9. The van der Waals surface area contributed by atoms with Crippen LogP contribution in [-0.4, -0.2) is 12.1 Å². The molecule has 82 valence electrons. The molecule has 6 heteroatoms. The lowest BCUT2D eigenvalue weighted by Crippen LogP contribution is -2.03. The van der Waals surface area contributed by atoms with Crippen LogP contribution in [0.3, 0.4) is 0 Å². The SMILES string of the molecule is COc1cc(C#N)c(C(F)F)c(CC#N)n1. The second-order valence-electron chi connectivity index (χ2n) is 2.82. The lowest BCUT2D eigenvalue weighted by Gasteiger charge is -2.09. The van der Waals surface area contributed by atoms with Crippen molar-refractivity contribution in [1.82, 2.24) is 4.98 Å². The number of methoxy groups -OCH3 is 1. The summed E-state index contributed by atoms with van der Waals surface area (Å²) >= 11 is 0. The number of hydrogen-bond donors (Lipinski definition) is 0. The Morgan fingerprint density at radius 3 is 2.62 bits per heavy atom. The second kappa shape index (κ2) is 5.04. The molecule has 0 aliphatic rings. The van der Waals surface area contributed by atoms with Crippen molar-refractivity contribution in [3.63, 3.8) is 0 Å². The zero-order chi connectivity index (χ0) is 12.1. The Morgan fingerprint density at radius 1 is 1.50 bits per heavy atom. The molecule has 0 saturated heterocycles. The minimum atomic E-state index is -2.84. The summed E-state index contributed by atoms with van der Waals surface area (Å²) in [4.78, 5) is 3.73. The molecule has 0 fully saturated rings. The van der Waals surface area contributed by atoms with Gasteiger partial charge in [0.05, 0.1) is 42.5 Å². The molecular weight excluding hydrogens is 216 g/mol. The molecule has 0 amide bonds. The standard InChI is InChI=1S/C10H7F2N3O/c1-16-8-4-6(5-14)9(10(11)12)7(15-8)2-3-13/h4,10H,2H2,1H3. The number of nitrogens with zero attached hydrogens (tertiary/aromatic N) is 3. The largest absolute Gasteiger partial charge is 0.481 e. The molecule has 0 radical (unpaired) electrons. The minimum Gasteiger partial charge on any atom is -0.481 e. The Balaban J connectivity index is 3.43. The topological polar surface area (TPSA) is 69.7 Å². The molecule has 0 N–H and O–H groups in total. The Kier molecular flexibility index (Phi) is 3.73. The number of halogens is 2. The summed E-state index contributed by atoms with van der Waals surface area (Å²) in [5.41, 5.74) is -0.828. The highest BCUT2D eigenvalue weighted by Crippen LogP contribution is 2.28. The fraction of sp³-hybridized carbons (Fsp3) is 0.300. The van der Waals surface area contributed by atoms with Gasteiger partial charge < -0.3 is 4.74 Å². The number of ether oxygens (including phenoxy) is 1. The van der Waals surface area contributed by atoms with E-state index in [1.54, 1.807) is 12.1 Å². The van der Waals surface area contributed by atoms with E-state index in [0.29, 0.717) is 0 Å². The molecule has 0 aromatic carbocycles. The Hall–Kier alpha value is -2.21. The van der Waals surface area contributed by atoms with Crippen molar-refractivity contribution in [2.24, 2.45) is 0 Å². The number of pyridine rings is 1. The van der Waals surface area contributed by atoms with Crippen molar-refractivity contribution in [2.45, 2.75) is 12.8 Å². The maximum absolute atomic E-state index is 12.7. The van der Waals surface area contributed by atoms with Gasteiger partial charge in [0.2, 0.25) is 5.88 Å². The quantitative estimate of drug-likeness (QED) is 0.785. The lowest BCUT2D eigenvalue weighted by molar-refractivity contribution is 0.149. The third kappa shape index (κ3) is 2.23. The van der Waals surface area contributed by atoms with Crippen LogP contribution < -0.4 is 4.74 Å². The number of rotatable bonds is 3. The van der Waals surface area contributed by atoms with Crippen LogP contribution in [0.2, 0.25) is 0 Å². The van der Waals surface area contributed by atoms with Gasteiger partial charge in [-0.25, -0.2) is 13.8 Å². The van der Waals surface area contributed by atoms with Gasteiger partial charge in [-0.1, -0.05) is 0 Å². The summed E-state index contributed by atoms with van der Waals surface area (Å²) in [5, 5.41) is 17.2. The first-order valence-corrected chi connectivity index (χ1v) is 4.27. The summed E-state index contributed by atoms with van der Waals surface area (Å²) < 4.78 is 30.1. The van der Waals surface area contributed by atoms with Crippen LogP contribution in [0.15, 0.2) is 6.07 Å². The zero-order valence-electron chi connectivity index (χ0n) is 8.37. The van der Waals surface area contributed by atoms with E-state index in [1.807, 2.05) is 0 Å². The summed E-state index contributed by atoms with van der Waals surface area (Å²) in [7, 11) is 1.31. The smallest absolute Gasteiger partial charge is 0.266 e. The number of alkyl halides is 2. The van der Waals surface area contributed by atoms with Gasteiger partial charge in [-0.3, -0.25) is 0 Å². The van der Waals surface area contributed by atoms with Gasteiger partial charge in [0, 0.05) is 6.07 Å². The first-order chi connectivity index (χ1) is 7.63. The third-order valence-electron chi connectivity index (χ3n) is 1.91. The highest BCUT2D eigenvalue weighted by molar-refractivity contribution is 5.44. The molecule has 0 saturated carbocycles. The first-order valence-electron chi connectivity index (χ1n) is 4.27. The van der Waals surface area contributed by atoms with Gasteiger partial charge in [-0.05, 0) is 0 Å². The number of aromatic nitrogens is 1. The normalized spacial score (nSPS) is 9.62. The Labute approximate surface area is 90.7 Å². The highest BCUT2D eigenvalue weighted by atomic mass is 19.3. The van der Waals surface area contributed by atoms with Crippen LogP contribution in [0.5, 0.6) is 5.88 Å². The van der Waals surface area contributed by atoms with Crippen molar-refractivity contribution in [1.29, 1.82) is 10.5 Å². The molecule has 0 spiro atoms. The molecule has 0 unspecified atom stereocenters. The van der Waals surface area contributed by atoms with Crippen LogP contribution in [0.4, 0.5) is 8.78 Å². The van der Waals surface area contributed by atoms with Gasteiger partial charge in [0.25, 0.3) is 6.43 Å². The molecule has 1 rings (SSSR count). The third-order valence-corrected chi connectivity index (χ3v) is 1.91. The number of hydrogen-bond acceptors (Lipinski definition) is 4. The van der Waals surface area contributed by atoms with Gasteiger partial charge in [-0.15, -0.1) is 0 Å². The van der Waals surface area contributed by atoms with Crippen LogP contribution in [0.25, 0.3) is 0 Å². The molecule has 1 aromatic rings. The van der Waals surface area contributed by atoms with Crippen molar-refractivity contribution in [2.75, 3.05) is 7.11 Å². The van der Waals surface area contributed by atoms with Crippen molar-refractivity contribution in [3.8, 4) is 18.0 Å². The van der Waals surface area contributed by atoms with Gasteiger partial charge in [0.15, 0.2) is 0 Å². The molecule has 0 atom stereocenters. The molecular formula is C10H7F2N3O. The van der Waals surface area contributed by atoms with E-state index < -0.39 is 12.0 Å². The summed E-state index contributed by atoms with van der Waals surface area (Å²) in [5.74, 6) is 0.0474. The fourth-order valence-electron chi connectivity index (χ4n) is 1.23. The molecule has 0 aliphatic carbocycles. The van der Waals surface area contributed by atoms with Gasteiger partial charge in [-0.2, -0.15) is 10.5 Å². The number of nitriles is 2. The minimum absolute atomic E-state index is 0.0474. The van der Waals surface area contributed by atoms with Crippen LogP contribution in [-0.2, 0) is 6.42 Å². The maximum Gasteiger partial charge on any atom is 0.266 e. The highest BCUT2D eigenvalue weighted by Gasteiger charge is 2.20. The van der Waals surface area contributed by atoms with E-state index in [1.165, 1.54) is 7.11 Å². The average Bonchev–Trinajstić information content (AvgIpc) is 2.27. The van der Waals surface area contributed by atoms with Gasteiger partial charge in [0.1, 0.15) is 0 Å². The molecule has 16 heavy (non-hydrogen) atoms. The summed E-state index contributed by atoms with van der Waals surface area (Å²) in [6, 6.07) is 4.49. The molecule has 1 aromatic heterocycles. The summed E-state index contributed by atoms with van der Waals surface area (Å²) in [6.07, 6.45) is -3.12. The van der Waals surface area contributed by atoms with E-state index in [2.05, 4.69) is 4.98 Å². The van der Waals surface area contributed by atoms with Crippen LogP contribution in [0, 0.1) is 22.7 Å². The van der Waals surface area contributed by atoms with E-state index >= 15 is 0 Å². The molecule has 0 bridgehead atoms. The van der Waals surface area contributed by atoms with Crippen LogP contribution in [0.1, 0.15) is 23.2 Å².